The van der Waals surface area contributed by atoms with Gasteiger partial charge in [-0.1, -0.05) is 141 Å². The molecule has 0 saturated heterocycles. The molecule has 2 saturated carbocycles. The lowest BCUT2D eigenvalue weighted by molar-refractivity contribution is 0.681. The Labute approximate surface area is 526 Å². The molecule has 9 aromatic carbocycles. The van der Waals surface area contributed by atoms with E-state index in [0.717, 1.165) is 58.4 Å². The predicted octanol–water partition coefficient (Wildman–Crippen LogP) is 22.5. The minimum Gasteiger partial charge on any atom is -0.314 e. The van der Waals surface area contributed by atoms with E-state index in [1.165, 1.54) is 119 Å². The molecule has 7 aliphatic carbocycles. The molecule has 0 heterocycles. The molecule has 5 atom stereocenters. The number of hydrogen-bond donors (Lipinski definition) is 0. The van der Waals surface area contributed by atoms with Crippen molar-refractivity contribution in [3.05, 3.63) is 327 Å². The smallest absolute Gasteiger partial charge is 0.0728 e. The van der Waals surface area contributed by atoms with E-state index in [2.05, 4.69) is 324 Å². The highest BCUT2D eigenvalue weighted by Gasteiger charge is 2.54. The molecule has 7 aliphatic rings. The number of nitrogens with zero attached hydrogens (tertiary/aromatic N) is 4. The Morgan fingerprint density at radius 3 is 1.38 bits per heavy atom. The van der Waals surface area contributed by atoms with Gasteiger partial charge >= 0.3 is 0 Å². The molecule has 16 rings (SSSR count). The Morgan fingerprint density at radius 2 is 0.888 bits per heavy atom. The first-order valence-corrected chi connectivity index (χ1v) is 32.3. The zero-order valence-electron chi connectivity index (χ0n) is 52.5. The molecule has 0 radical (unpaired) electrons. The fourth-order valence-corrected chi connectivity index (χ4v) is 15.8. The summed E-state index contributed by atoms with van der Waals surface area (Å²) >= 11 is 0. The van der Waals surface area contributed by atoms with Crippen molar-refractivity contribution in [1.29, 1.82) is 0 Å². The Balaban J connectivity index is 1.02. The number of benzene rings is 9. The first-order chi connectivity index (χ1) is 43.3. The van der Waals surface area contributed by atoms with Gasteiger partial charge in [0.05, 0.1) is 5.41 Å². The van der Waals surface area contributed by atoms with Crippen LogP contribution in [0.4, 0.5) is 51.2 Å². The lowest BCUT2D eigenvalue weighted by Gasteiger charge is -2.36. The lowest BCUT2D eigenvalue weighted by Crippen LogP contribution is -2.28. The summed E-state index contributed by atoms with van der Waals surface area (Å²) in [6, 6.07) is 75.4. The summed E-state index contributed by atoms with van der Waals surface area (Å²) < 4.78 is 0. The maximum absolute atomic E-state index is 2.64. The van der Waals surface area contributed by atoms with Gasteiger partial charge in [-0.15, -0.1) is 0 Å². The number of allylic oxidation sites excluding steroid dienone is 12. The summed E-state index contributed by atoms with van der Waals surface area (Å²) in [5.74, 6) is 1.59. The topological polar surface area (TPSA) is 13.0 Å². The van der Waals surface area contributed by atoms with Crippen molar-refractivity contribution in [2.45, 2.75) is 86.5 Å². The molecule has 436 valence electrons. The maximum Gasteiger partial charge on any atom is 0.0728 e. The van der Waals surface area contributed by atoms with Gasteiger partial charge in [-0.2, -0.15) is 0 Å². The molecule has 0 N–H and O–H groups in total. The van der Waals surface area contributed by atoms with Crippen molar-refractivity contribution in [3.63, 3.8) is 0 Å². The molecular weight excluding hydrogens is 1080 g/mol. The SMILES string of the molecule is CCc1cccc(N(C2=CC(C)=CC3CC23)c2ccc3c(c2)C2(c4cc(N(C5=CC6(C)CC6C=C5)c5cccc(C)c5)ccc4-3)c3cc(N(C4=CCC=CC(C)=C4)c4cccc(C)c4)ccc3-c3ccc(N(c4cccc(C)c4)c4cccc(C)c4)cc32)c1. The van der Waals surface area contributed by atoms with Crippen LogP contribution < -0.4 is 19.6 Å². The Morgan fingerprint density at radius 1 is 0.438 bits per heavy atom. The van der Waals surface area contributed by atoms with Crippen LogP contribution in [0.2, 0.25) is 0 Å². The third kappa shape index (κ3) is 9.24. The predicted molar refractivity (Wildman–Crippen MR) is 374 cm³/mol. The van der Waals surface area contributed by atoms with Crippen LogP contribution in [-0.2, 0) is 11.8 Å². The zero-order valence-corrected chi connectivity index (χ0v) is 52.5. The highest BCUT2D eigenvalue weighted by Crippen LogP contribution is 2.66. The van der Waals surface area contributed by atoms with Crippen LogP contribution in [0, 0.1) is 50.9 Å². The quantitative estimate of drug-likeness (QED) is 0.114. The molecule has 0 aromatic heterocycles. The van der Waals surface area contributed by atoms with Gasteiger partial charge in [-0.25, -0.2) is 0 Å². The minimum atomic E-state index is -0.819. The molecule has 5 unspecified atom stereocenters. The first-order valence-electron chi connectivity index (χ1n) is 32.3. The molecule has 0 amide bonds. The highest BCUT2D eigenvalue weighted by atomic mass is 15.2. The number of rotatable bonds is 13. The van der Waals surface area contributed by atoms with Crippen LogP contribution in [0.25, 0.3) is 22.3 Å². The third-order valence-corrected chi connectivity index (χ3v) is 20.2. The number of anilines is 9. The second-order valence-corrected chi connectivity index (χ2v) is 26.8. The molecule has 0 aliphatic heterocycles. The van der Waals surface area contributed by atoms with E-state index in [9.17, 15) is 0 Å². The standard InChI is InChI=1S/C85H76N4/c1-9-60-22-16-28-68(46-60)89(83-45-59(7)39-61-47-78(61)83)72-34-38-77-76-37-33-71(88(67-27-15-21-58(6)44-67)73-30-29-62-52-84(62,8)53-73)50-81(76)85(82(77)51-72)79-48-69(86(64-24-12-18-55(3)41-64)63-23-11-10-17-54(2)40-63)31-35-74(79)75-36-32-70(49-80(75)85)87(65-25-13-19-56(4)42-65)66-26-14-20-57(5)43-66/h10,12-46,48-51,53,61-62,78H,9,11,47,52H2,1-8H3. The summed E-state index contributed by atoms with van der Waals surface area (Å²) in [6.45, 7) is 18.1. The first kappa shape index (κ1) is 54.7. The van der Waals surface area contributed by atoms with E-state index in [0.29, 0.717) is 17.8 Å². The highest BCUT2D eigenvalue weighted by molar-refractivity contribution is 5.99. The van der Waals surface area contributed by atoms with Gasteiger partial charge < -0.3 is 19.6 Å². The second-order valence-electron chi connectivity index (χ2n) is 26.8. The summed E-state index contributed by atoms with van der Waals surface area (Å²) in [5.41, 5.74) is 32.4. The van der Waals surface area contributed by atoms with Gasteiger partial charge in [0.25, 0.3) is 0 Å². The summed E-state index contributed by atoms with van der Waals surface area (Å²) in [5, 5.41) is 0. The summed E-state index contributed by atoms with van der Waals surface area (Å²) in [6.07, 6.45) is 25.9. The minimum absolute atomic E-state index is 0.137. The average molecular weight is 1150 g/mol. The Bertz CT molecular complexity index is 4560. The summed E-state index contributed by atoms with van der Waals surface area (Å²) in [7, 11) is 0. The molecule has 9 aromatic rings. The van der Waals surface area contributed by atoms with Gasteiger partial charge in [0.15, 0.2) is 0 Å². The van der Waals surface area contributed by atoms with E-state index in [1.807, 2.05) is 0 Å². The van der Waals surface area contributed by atoms with Crippen molar-refractivity contribution >= 4 is 51.2 Å². The van der Waals surface area contributed by atoms with E-state index in [-0.39, 0.29) is 5.41 Å². The monoisotopic (exact) mass is 1150 g/mol. The molecule has 1 spiro atoms. The van der Waals surface area contributed by atoms with Crippen molar-refractivity contribution in [3.8, 4) is 22.3 Å². The fraction of sp³-hybridized carbons (Fsp3) is 0.200. The number of fused-ring (bicyclic) bond motifs is 12. The van der Waals surface area contributed by atoms with Crippen molar-refractivity contribution < 1.29 is 0 Å². The van der Waals surface area contributed by atoms with Crippen molar-refractivity contribution in [2.75, 3.05) is 19.6 Å². The van der Waals surface area contributed by atoms with Gasteiger partial charge in [0, 0.05) is 74.2 Å². The molecular formula is C85H76N4. The molecule has 4 heteroatoms. The number of aryl methyl sites for hydroxylation is 5. The van der Waals surface area contributed by atoms with Gasteiger partial charge in [0.1, 0.15) is 0 Å². The molecule has 2 fully saturated rings. The van der Waals surface area contributed by atoms with Crippen molar-refractivity contribution in [1.82, 2.24) is 0 Å². The van der Waals surface area contributed by atoms with E-state index in [1.54, 1.807) is 0 Å². The lowest BCUT2D eigenvalue weighted by atomic mass is 9.70. The van der Waals surface area contributed by atoms with Crippen LogP contribution >= 0.6 is 0 Å². The zero-order chi connectivity index (χ0) is 60.4. The fourth-order valence-electron chi connectivity index (χ4n) is 15.8. The van der Waals surface area contributed by atoms with Crippen LogP contribution in [0.1, 0.15) is 97.0 Å². The van der Waals surface area contributed by atoms with Crippen LogP contribution in [0.3, 0.4) is 0 Å². The Hall–Kier alpha value is -9.64. The van der Waals surface area contributed by atoms with Crippen molar-refractivity contribution in [2.24, 2.45) is 23.2 Å². The van der Waals surface area contributed by atoms with Crippen LogP contribution in [0.15, 0.2) is 277 Å². The van der Waals surface area contributed by atoms with Crippen LogP contribution in [-0.4, -0.2) is 0 Å². The normalized spacial score (nSPS) is 20.9. The second kappa shape index (κ2) is 21.0. The van der Waals surface area contributed by atoms with Gasteiger partial charge in [0.2, 0.25) is 0 Å². The largest absolute Gasteiger partial charge is 0.314 e. The summed E-state index contributed by atoms with van der Waals surface area (Å²) in [4.78, 5) is 10.2. The molecule has 0 bridgehead atoms. The molecule has 89 heavy (non-hydrogen) atoms. The maximum atomic E-state index is 2.64. The van der Waals surface area contributed by atoms with Gasteiger partial charge in [-0.3, -0.25) is 0 Å². The Kier molecular flexibility index (Phi) is 12.9. The average Bonchev–Trinajstić information content (AvgIpc) is 1.56. The van der Waals surface area contributed by atoms with E-state index >= 15 is 0 Å². The van der Waals surface area contributed by atoms with E-state index < -0.39 is 5.41 Å². The van der Waals surface area contributed by atoms with E-state index in [4.69, 9.17) is 0 Å². The number of hydrogen-bond acceptors (Lipinski definition) is 4. The van der Waals surface area contributed by atoms with Crippen LogP contribution in [0.5, 0.6) is 0 Å². The van der Waals surface area contributed by atoms with Gasteiger partial charge in [-0.05, 0) is 290 Å². The third-order valence-electron chi connectivity index (χ3n) is 20.2. The molecule has 4 nitrogen and oxygen atoms in total.